The predicted octanol–water partition coefficient (Wildman–Crippen LogP) is 4.67. The lowest BCUT2D eigenvalue weighted by Crippen LogP contribution is -2.24. The van der Waals surface area contributed by atoms with E-state index in [1.54, 1.807) is 46.6 Å². The zero-order chi connectivity index (χ0) is 23.2. The molecule has 1 aromatic heterocycles. The van der Waals surface area contributed by atoms with Crippen LogP contribution >= 0.6 is 23.1 Å². The van der Waals surface area contributed by atoms with Gasteiger partial charge in [0, 0.05) is 40.4 Å². The number of aromatic nitrogens is 1. The van der Waals surface area contributed by atoms with Crippen LogP contribution in [0.1, 0.15) is 33.9 Å². The van der Waals surface area contributed by atoms with Gasteiger partial charge < -0.3 is 15.0 Å². The van der Waals surface area contributed by atoms with Crippen LogP contribution in [0.5, 0.6) is 0 Å². The second-order valence-corrected chi connectivity index (χ2v) is 9.55. The molecule has 0 radical (unpaired) electrons. The molecule has 1 aliphatic heterocycles. The van der Waals surface area contributed by atoms with Gasteiger partial charge in [-0.3, -0.25) is 9.59 Å². The minimum atomic E-state index is -0.556. The van der Waals surface area contributed by atoms with Gasteiger partial charge in [-0.05, 0) is 43.7 Å². The SMILES string of the molecule is Cc1nc(CSc2ccccc2C(=O)OCC(=O)Nc2cccc(N3CCCC3=O)c2)cs1. The summed E-state index contributed by atoms with van der Waals surface area (Å²) in [6, 6.07) is 14.2. The van der Waals surface area contributed by atoms with Crippen molar-refractivity contribution in [2.24, 2.45) is 0 Å². The summed E-state index contributed by atoms with van der Waals surface area (Å²) in [5.74, 6) is -0.283. The zero-order valence-corrected chi connectivity index (χ0v) is 19.7. The monoisotopic (exact) mass is 481 g/mol. The minimum absolute atomic E-state index is 0.0776. The first kappa shape index (κ1) is 23.0. The minimum Gasteiger partial charge on any atom is -0.452 e. The Bertz CT molecular complexity index is 1180. The highest BCUT2D eigenvalue weighted by atomic mass is 32.2. The summed E-state index contributed by atoms with van der Waals surface area (Å²) < 4.78 is 5.26. The molecule has 9 heteroatoms. The summed E-state index contributed by atoms with van der Waals surface area (Å²) in [4.78, 5) is 43.9. The Balaban J connectivity index is 1.33. The second-order valence-electron chi connectivity index (χ2n) is 7.47. The van der Waals surface area contributed by atoms with Gasteiger partial charge in [0.2, 0.25) is 5.91 Å². The normalized spacial score (nSPS) is 13.2. The highest BCUT2D eigenvalue weighted by Crippen LogP contribution is 2.27. The Hall–Kier alpha value is -3.17. The van der Waals surface area contributed by atoms with Crippen molar-refractivity contribution in [2.75, 3.05) is 23.4 Å². The van der Waals surface area contributed by atoms with Gasteiger partial charge in [0.05, 0.1) is 16.3 Å². The average Bonchev–Trinajstić information content (AvgIpc) is 3.44. The molecule has 0 saturated carbocycles. The van der Waals surface area contributed by atoms with E-state index in [2.05, 4.69) is 10.3 Å². The van der Waals surface area contributed by atoms with E-state index in [-0.39, 0.29) is 5.91 Å². The molecule has 33 heavy (non-hydrogen) atoms. The number of esters is 1. The van der Waals surface area contributed by atoms with Crippen molar-refractivity contribution in [2.45, 2.75) is 30.4 Å². The number of carbonyl (C=O) groups excluding carboxylic acids is 3. The molecular formula is C24H23N3O4S2. The first-order valence-corrected chi connectivity index (χ1v) is 12.4. The maximum absolute atomic E-state index is 12.6. The van der Waals surface area contributed by atoms with Crippen molar-refractivity contribution >= 4 is 52.3 Å². The van der Waals surface area contributed by atoms with Gasteiger partial charge in [-0.15, -0.1) is 23.1 Å². The molecule has 4 rings (SSSR count). The summed E-state index contributed by atoms with van der Waals surface area (Å²) in [6.07, 6.45) is 1.37. The third-order valence-corrected chi connectivity index (χ3v) is 6.93. The quantitative estimate of drug-likeness (QED) is 0.372. The highest BCUT2D eigenvalue weighted by Gasteiger charge is 2.22. The van der Waals surface area contributed by atoms with Crippen LogP contribution in [0.25, 0.3) is 0 Å². The van der Waals surface area contributed by atoms with Crippen molar-refractivity contribution < 1.29 is 19.1 Å². The summed E-state index contributed by atoms with van der Waals surface area (Å²) in [7, 11) is 0. The molecule has 0 unspecified atom stereocenters. The van der Waals surface area contributed by atoms with E-state index < -0.39 is 18.5 Å². The number of ether oxygens (including phenoxy) is 1. The van der Waals surface area contributed by atoms with Crippen molar-refractivity contribution in [1.82, 2.24) is 4.98 Å². The van der Waals surface area contributed by atoms with Crippen LogP contribution in [0.15, 0.2) is 58.8 Å². The molecule has 7 nitrogen and oxygen atoms in total. The van der Waals surface area contributed by atoms with Crippen molar-refractivity contribution in [3.05, 3.63) is 70.2 Å². The molecule has 2 amide bonds. The number of benzene rings is 2. The fourth-order valence-corrected chi connectivity index (χ4v) is 5.12. The van der Waals surface area contributed by atoms with Gasteiger partial charge in [0.15, 0.2) is 6.61 Å². The molecule has 1 fully saturated rings. The number of thioether (sulfide) groups is 1. The van der Waals surface area contributed by atoms with Crippen LogP contribution in [-0.4, -0.2) is 35.9 Å². The average molecular weight is 482 g/mol. The highest BCUT2D eigenvalue weighted by molar-refractivity contribution is 7.98. The van der Waals surface area contributed by atoms with Gasteiger partial charge in [0.25, 0.3) is 5.91 Å². The molecule has 0 spiro atoms. The van der Waals surface area contributed by atoms with Crippen LogP contribution < -0.4 is 10.2 Å². The number of amides is 2. The molecule has 3 aromatic rings. The molecule has 1 N–H and O–H groups in total. The standard InChI is InChI=1S/C24H23N3O4S2/c1-16-25-18(14-32-16)15-33-21-9-3-2-8-20(21)24(30)31-13-22(28)26-17-6-4-7-19(12-17)27-11-5-10-23(27)29/h2-4,6-9,12,14H,5,10-11,13,15H2,1H3,(H,26,28). The Labute approximate surface area is 200 Å². The number of anilines is 2. The third kappa shape index (κ3) is 6.00. The van der Waals surface area contributed by atoms with Crippen LogP contribution in [0, 0.1) is 6.92 Å². The van der Waals surface area contributed by atoms with Gasteiger partial charge in [-0.2, -0.15) is 0 Å². The largest absolute Gasteiger partial charge is 0.452 e. The van der Waals surface area contributed by atoms with Crippen molar-refractivity contribution in [3.63, 3.8) is 0 Å². The predicted molar refractivity (Wildman–Crippen MR) is 130 cm³/mol. The molecule has 1 aliphatic rings. The van der Waals surface area contributed by atoms with E-state index in [1.165, 1.54) is 11.8 Å². The first-order valence-electron chi connectivity index (χ1n) is 10.5. The number of aryl methyl sites for hydroxylation is 1. The number of thiazole rings is 1. The number of carbonyl (C=O) groups is 3. The van der Waals surface area contributed by atoms with Gasteiger partial charge in [-0.1, -0.05) is 18.2 Å². The van der Waals surface area contributed by atoms with Gasteiger partial charge in [-0.25, -0.2) is 9.78 Å². The van der Waals surface area contributed by atoms with Crippen LogP contribution in [0.3, 0.4) is 0 Å². The van der Waals surface area contributed by atoms with E-state index in [1.807, 2.05) is 30.5 Å². The Kier molecular flexibility index (Phi) is 7.41. The van der Waals surface area contributed by atoms with E-state index in [0.29, 0.717) is 30.0 Å². The zero-order valence-electron chi connectivity index (χ0n) is 18.1. The molecule has 2 aromatic carbocycles. The summed E-state index contributed by atoms with van der Waals surface area (Å²) in [5.41, 5.74) is 2.66. The smallest absolute Gasteiger partial charge is 0.339 e. The lowest BCUT2D eigenvalue weighted by Gasteiger charge is -2.16. The fourth-order valence-electron chi connectivity index (χ4n) is 3.47. The molecule has 0 atom stereocenters. The van der Waals surface area contributed by atoms with E-state index in [4.69, 9.17) is 4.74 Å². The molecule has 0 aliphatic carbocycles. The molecule has 2 heterocycles. The number of nitrogens with zero attached hydrogens (tertiary/aromatic N) is 2. The Morgan fingerprint density at radius 2 is 2.06 bits per heavy atom. The maximum atomic E-state index is 12.6. The van der Waals surface area contributed by atoms with E-state index in [0.717, 1.165) is 27.7 Å². The van der Waals surface area contributed by atoms with Crippen LogP contribution in [0.2, 0.25) is 0 Å². The van der Waals surface area contributed by atoms with Gasteiger partial charge in [0.1, 0.15) is 0 Å². The number of rotatable bonds is 8. The lowest BCUT2D eigenvalue weighted by molar-refractivity contribution is -0.119. The number of nitrogens with one attached hydrogen (secondary N) is 1. The lowest BCUT2D eigenvalue weighted by atomic mass is 10.2. The molecule has 1 saturated heterocycles. The maximum Gasteiger partial charge on any atom is 0.339 e. The first-order chi connectivity index (χ1) is 16.0. The molecule has 170 valence electrons. The topological polar surface area (TPSA) is 88.6 Å². The summed E-state index contributed by atoms with van der Waals surface area (Å²) in [5, 5.41) is 5.73. The number of hydrogen-bond acceptors (Lipinski definition) is 7. The Morgan fingerprint density at radius 1 is 1.21 bits per heavy atom. The van der Waals surface area contributed by atoms with Crippen molar-refractivity contribution in [3.8, 4) is 0 Å². The fraction of sp³-hybridized carbons (Fsp3) is 0.250. The van der Waals surface area contributed by atoms with E-state index >= 15 is 0 Å². The van der Waals surface area contributed by atoms with Gasteiger partial charge >= 0.3 is 5.97 Å². The molecule has 0 bridgehead atoms. The van der Waals surface area contributed by atoms with E-state index in [9.17, 15) is 14.4 Å². The summed E-state index contributed by atoms with van der Waals surface area (Å²) >= 11 is 3.09. The summed E-state index contributed by atoms with van der Waals surface area (Å²) in [6.45, 7) is 2.22. The molecular weight excluding hydrogens is 458 g/mol. The van der Waals surface area contributed by atoms with Crippen LogP contribution in [-0.2, 0) is 20.1 Å². The van der Waals surface area contributed by atoms with Crippen molar-refractivity contribution in [1.29, 1.82) is 0 Å². The third-order valence-electron chi connectivity index (χ3n) is 5.00. The second kappa shape index (κ2) is 10.6. The Morgan fingerprint density at radius 3 is 2.82 bits per heavy atom. The number of hydrogen-bond donors (Lipinski definition) is 1. The van der Waals surface area contributed by atoms with Crippen LogP contribution in [0.4, 0.5) is 11.4 Å².